The number of nitrogens with one attached hydrogen (secondary N) is 1. The second kappa shape index (κ2) is 5.56. The van der Waals surface area contributed by atoms with Crippen LogP contribution in [0.25, 0.3) is 0 Å². The molecule has 0 radical (unpaired) electrons. The molecule has 0 aliphatic carbocycles. The molecule has 2 rings (SSSR count). The summed E-state index contributed by atoms with van der Waals surface area (Å²) in [5.41, 5.74) is 5.40. The topological polar surface area (TPSA) is 75.4 Å². The van der Waals surface area contributed by atoms with Gasteiger partial charge in [-0.25, -0.2) is 9.18 Å². The maximum absolute atomic E-state index is 13.7. The van der Waals surface area contributed by atoms with Gasteiger partial charge in [-0.15, -0.1) is 0 Å². The summed E-state index contributed by atoms with van der Waals surface area (Å²) in [6.07, 6.45) is -0.0294. The average molecular weight is 330 g/mol. The number of rotatable bonds is 3. The third kappa shape index (κ3) is 3.23. The van der Waals surface area contributed by atoms with E-state index in [1.54, 1.807) is 18.2 Å². The Morgan fingerprint density at radius 1 is 1.47 bits per heavy atom. The standard InChI is InChI=1S/C12H13BrFN3O2/c13-9-3-1-2-7(11(9)14)4-10(18)16-8-5-17(6-8)12(15)19/h1-3,8H,4-6H2,(H2,15,19)(H,16,18). The smallest absolute Gasteiger partial charge is 0.314 e. The van der Waals surface area contributed by atoms with Crippen molar-refractivity contribution in [3.8, 4) is 0 Å². The van der Waals surface area contributed by atoms with Crippen LogP contribution in [0.15, 0.2) is 22.7 Å². The van der Waals surface area contributed by atoms with Gasteiger partial charge in [0.1, 0.15) is 5.82 Å². The van der Waals surface area contributed by atoms with Crippen LogP contribution in [0, 0.1) is 5.82 Å². The number of carbonyl (C=O) groups is 2. The van der Waals surface area contributed by atoms with Gasteiger partial charge >= 0.3 is 6.03 Å². The Bertz CT molecular complexity index is 518. The Hall–Kier alpha value is -1.63. The number of nitrogens with two attached hydrogens (primary N) is 1. The molecule has 0 unspecified atom stereocenters. The normalized spacial score (nSPS) is 14.9. The molecule has 0 atom stereocenters. The predicted molar refractivity (Wildman–Crippen MR) is 70.9 cm³/mol. The van der Waals surface area contributed by atoms with Gasteiger partial charge < -0.3 is 16.0 Å². The lowest BCUT2D eigenvalue weighted by molar-refractivity contribution is -0.122. The highest BCUT2D eigenvalue weighted by Gasteiger charge is 2.30. The van der Waals surface area contributed by atoms with Crippen molar-refractivity contribution in [1.29, 1.82) is 0 Å². The Labute approximate surface area is 118 Å². The molecular formula is C12H13BrFN3O2. The number of likely N-dealkylation sites (tertiary alicyclic amines) is 1. The number of halogens is 2. The van der Waals surface area contributed by atoms with Crippen molar-refractivity contribution in [2.24, 2.45) is 5.73 Å². The van der Waals surface area contributed by atoms with Gasteiger partial charge in [-0.2, -0.15) is 0 Å². The van der Waals surface area contributed by atoms with Crippen LogP contribution in [0.1, 0.15) is 5.56 Å². The third-order valence-corrected chi connectivity index (χ3v) is 3.55. The molecular weight excluding hydrogens is 317 g/mol. The van der Waals surface area contributed by atoms with Gasteiger partial charge in [0.2, 0.25) is 5.91 Å². The van der Waals surface area contributed by atoms with Gasteiger partial charge in [-0.3, -0.25) is 4.79 Å². The number of primary amides is 1. The predicted octanol–water partition coefficient (Wildman–Crippen LogP) is 1.01. The summed E-state index contributed by atoms with van der Waals surface area (Å²) in [6.45, 7) is 0.810. The maximum atomic E-state index is 13.7. The lowest BCUT2D eigenvalue weighted by Gasteiger charge is -2.38. The lowest BCUT2D eigenvalue weighted by Crippen LogP contribution is -2.62. The zero-order valence-corrected chi connectivity index (χ0v) is 11.6. The van der Waals surface area contributed by atoms with E-state index < -0.39 is 11.8 Å². The SMILES string of the molecule is NC(=O)N1CC(NC(=O)Cc2cccc(Br)c2F)C1. The molecule has 1 fully saturated rings. The molecule has 1 aliphatic heterocycles. The molecule has 0 saturated carbocycles. The largest absolute Gasteiger partial charge is 0.351 e. The van der Waals surface area contributed by atoms with E-state index in [1.807, 2.05) is 0 Å². The third-order valence-electron chi connectivity index (χ3n) is 2.94. The van der Waals surface area contributed by atoms with Crippen LogP contribution in [-0.4, -0.2) is 36.0 Å². The van der Waals surface area contributed by atoms with Crippen LogP contribution in [0.3, 0.4) is 0 Å². The molecule has 1 aliphatic rings. The van der Waals surface area contributed by atoms with E-state index in [0.717, 1.165) is 0 Å². The minimum atomic E-state index is -0.497. The minimum Gasteiger partial charge on any atom is -0.351 e. The Morgan fingerprint density at radius 2 is 2.16 bits per heavy atom. The number of hydrogen-bond donors (Lipinski definition) is 2. The van der Waals surface area contributed by atoms with Crippen molar-refractivity contribution in [2.75, 3.05) is 13.1 Å². The monoisotopic (exact) mass is 329 g/mol. The summed E-state index contributed by atoms with van der Waals surface area (Å²) < 4.78 is 14.0. The van der Waals surface area contributed by atoms with Gasteiger partial charge in [-0.05, 0) is 27.6 Å². The van der Waals surface area contributed by atoms with Crippen molar-refractivity contribution >= 4 is 27.9 Å². The van der Waals surface area contributed by atoms with Crippen LogP contribution in [0.4, 0.5) is 9.18 Å². The zero-order chi connectivity index (χ0) is 14.0. The molecule has 1 heterocycles. The van der Waals surface area contributed by atoms with Gasteiger partial charge in [0.25, 0.3) is 0 Å². The van der Waals surface area contributed by atoms with Gasteiger partial charge in [-0.1, -0.05) is 12.1 Å². The molecule has 102 valence electrons. The highest BCUT2D eigenvalue weighted by atomic mass is 79.9. The van der Waals surface area contributed by atoms with Crippen molar-refractivity contribution in [3.05, 3.63) is 34.1 Å². The first-order chi connectivity index (χ1) is 8.97. The van der Waals surface area contributed by atoms with Crippen LogP contribution in [0.5, 0.6) is 0 Å². The van der Waals surface area contributed by atoms with Gasteiger partial charge in [0.15, 0.2) is 0 Å². The summed E-state index contributed by atoms with van der Waals surface area (Å²) in [7, 11) is 0. The molecule has 3 N–H and O–H groups in total. The first kappa shape index (κ1) is 13.8. The first-order valence-electron chi connectivity index (χ1n) is 5.74. The van der Waals surface area contributed by atoms with E-state index in [9.17, 15) is 14.0 Å². The number of hydrogen-bond acceptors (Lipinski definition) is 2. The number of carbonyl (C=O) groups excluding carboxylic acids is 2. The molecule has 3 amide bonds. The lowest BCUT2D eigenvalue weighted by atomic mass is 10.1. The fraction of sp³-hybridized carbons (Fsp3) is 0.333. The van der Waals surface area contributed by atoms with Crippen LogP contribution in [0.2, 0.25) is 0 Å². The average Bonchev–Trinajstić information content (AvgIpc) is 2.28. The first-order valence-corrected chi connectivity index (χ1v) is 6.53. The molecule has 0 aromatic heterocycles. The molecule has 1 aromatic carbocycles. The van der Waals surface area contributed by atoms with Crippen molar-refractivity contribution < 1.29 is 14.0 Å². The van der Waals surface area contributed by atoms with Crippen molar-refractivity contribution in [1.82, 2.24) is 10.2 Å². The van der Waals surface area contributed by atoms with E-state index in [0.29, 0.717) is 23.1 Å². The molecule has 5 nitrogen and oxygen atoms in total. The molecule has 0 bridgehead atoms. The Kier molecular flexibility index (Phi) is 4.04. The highest BCUT2D eigenvalue weighted by molar-refractivity contribution is 9.10. The van der Waals surface area contributed by atoms with Crippen molar-refractivity contribution in [3.63, 3.8) is 0 Å². The maximum Gasteiger partial charge on any atom is 0.314 e. The van der Waals surface area contributed by atoms with E-state index >= 15 is 0 Å². The Morgan fingerprint density at radius 3 is 2.79 bits per heavy atom. The minimum absolute atomic E-state index is 0.0294. The van der Waals surface area contributed by atoms with Gasteiger partial charge in [0, 0.05) is 13.1 Å². The number of benzene rings is 1. The number of amides is 3. The summed E-state index contributed by atoms with van der Waals surface area (Å²) >= 11 is 3.07. The zero-order valence-electron chi connectivity index (χ0n) is 10.0. The van der Waals surface area contributed by atoms with E-state index in [4.69, 9.17) is 5.73 Å². The van der Waals surface area contributed by atoms with Gasteiger partial charge in [0.05, 0.1) is 16.9 Å². The Balaban J connectivity index is 1.86. The van der Waals surface area contributed by atoms with Crippen LogP contribution in [-0.2, 0) is 11.2 Å². The molecule has 1 saturated heterocycles. The summed E-state index contributed by atoms with van der Waals surface area (Å²) in [5.74, 6) is -0.698. The second-order valence-corrected chi connectivity index (χ2v) is 5.25. The molecule has 0 spiro atoms. The quantitative estimate of drug-likeness (QED) is 0.868. The molecule has 19 heavy (non-hydrogen) atoms. The van der Waals surface area contributed by atoms with Crippen LogP contribution >= 0.6 is 15.9 Å². The second-order valence-electron chi connectivity index (χ2n) is 4.40. The highest BCUT2D eigenvalue weighted by Crippen LogP contribution is 2.19. The molecule has 7 heteroatoms. The van der Waals surface area contributed by atoms with E-state index in [1.165, 1.54) is 4.90 Å². The van der Waals surface area contributed by atoms with E-state index in [2.05, 4.69) is 21.2 Å². The van der Waals surface area contributed by atoms with Crippen LogP contribution < -0.4 is 11.1 Å². The molecule has 1 aromatic rings. The fourth-order valence-electron chi connectivity index (χ4n) is 1.89. The number of urea groups is 1. The fourth-order valence-corrected chi connectivity index (χ4v) is 2.29. The van der Waals surface area contributed by atoms with E-state index in [-0.39, 0.29) is 18.4 Å². The summed E-state index contributed by atoms with van der Waals surface area (Å²) in [4.78, 5) is 23.9. The summed E-state index contributed by atoms with van der Waals surface area (Å²) in [6, 6.07) is 4.22. The van der Waals surface area contributed by atoms with Crippen molar-refractivity contribution in [2.45, 2.75) is 12.5 Å². The summed E-state index contributed by atoms with van der Waals surface area (Å²) in [5, 5.41) is 2.73. The number of nitrogens with zero attached hydrogens (tertiary/aromatic N) is 1.